The first kappa shape index (κ1) is 42.4. The first-order valence-electron chi connectivity index (χ1n) is 21.8. The van der Waals surface area contributed by atoms with Crippen LogP contribution in [0.4, 0.5) is 10.1 Å². The number of nitrogens with one attached hydrogen (secondary N) is 1. The minimum absolute atomic E-state index is 0.0280. The van der Waals surface area contributed by atoms with Gasteiger partial charge in [0.1, 0.15) is 30.2 Å². The van der Waals surface area contributed by atoms with E-state index < -0.39 is 24.3 Å². The monoisotopic (exact) mass is 876 g/mol. The number of hydrogen-bond acceptors (Lipinski definition) is 9. The summed E-state index contributed by atoms with van der Waals surface area (Å²) in [6, 6.07) is 14.3. The van der Waals surface area contributed by atoms with Gasteiger partial charge in [0.15, 0.2) is 5.76 Å². The van der Waals surface area contributed by atoms with Crippen LogP contribution in [0.1, 0.15) is 102 Å². The van der Waals surface area contributed by atoms with E-state index in [0.29, 0.717) is 114 Å². The van der Waals surface area contributed by atoms with E-state index in [-0.39, 0.29) is 23.3 Å². The van der Waals surface area contributed by atoms with Gasteiger partial charge in [0.25, 0.3) is 5.91 Å². The molecule has 0 spiro atoms. The molecule has 330 valence electrons. The predicted molar refractivity (Wildman–Crippen MR) is 242 cm³/mol. The van der Waals surface area contributed by atoms with Gasteiger partial charge in [-0.25, -0.2) is 13.9 Å². The van der Waals surface area contributed by atoms with Gasteiger partial charge in [0.2, 0.25) is 0 Å². The second kappa shape index (κ2) is 16.0. The molecule has 0 bridgehead atoms. The fraction of sp³-hybridized carbons (Fsp3) is 0.404. The number of amidine groups is 1. The molecular formula is C47H54FN8O6P. The van der Waals surface area contributed by atoms with Crippen molar-refractivity contribution in [1.82, 2.24) is 23.8 Å². The summed E-state index contributed by atoms with van der Waals surface area (Å²) in [7, 11) is -0.873. The SMILES string of the molecule is CCP(=O)(CC)c1ccc(-n2ccn(-c3c4c(nn3-c3cc(C)c(F)c(C)c3)CCN(C(=O)c3oc5cc(C6CCOCC6)ccc5c3C3(C(N)=NO)CC3)C4C)c2=O)cc1NC. The van der Waals surface area contributed by atoms with Crippen molar-refractivity contribution >= 4 is 40.8 Å². The first-order chi connectivity index (χ1) is 30.3. The molecule has 6 aromatic rings. The summed E-state index contributed by atoms with van der Waals surface area (Å²) in [5, 5.41) is 23.1. The highest BCUT2D eigenvalue weighted by Gasteiger charge is 2.54. The Morgan fingerprint density at radius 2 is 1.73 bits per heavy atom. The smallest absolute Gasteiger partial charge is 0.338 e. The van der Waals surface area contributed by atoms with Crippen molar-refractivity contribution in [1.29, 1.82) is 0 Å². The van der Waals surface area contributed by atoms with E-state index in [9.17, 15) is 14.6 Å². The molecule has 1 aliphatic carbocycles. The molecule has 14 nitrogen and oxygen atoms in total. The molecule has 3 aromatic carbocycles. The molecule has 3 aliphatic rings. The van der Waals surface area contributed by atoms with E-state index in [1.807, 2.05) is 45.0 Å². The van der Waals surface area contributed by atoms with Crippen molar-refractivity contribution in [3.8, 4) is 17.2 Å². The molecule has 1 atom stereocenters. The molecule has 4 N–H and O–H groups in total. The number of rotatable bonds is 11. The quantitative estimate of drug-likeness (QED) is 0.0386. The van der Waals surface area contributed by atoms with Crippen molar-refractivity contribution in [2.24, 2.45) is 10.9 Å². The van der Waals surface area contributed by atoms with Crippen LogP contribution in [-0.4, -0.2) is 79.9 Å². The summed E-state index contributed by atoms with van der Waals surface area (Å²) >= 11 is 0. The Bertz CT molecular complexity index is 2900. The second-order valence-corrected chi connectivity index (χ2v) is 20.7. The van der Waals surface area contributed by atoms with Crippen molar-refractivity contribution in [2.45, 2.75) is 84.1 Å². The maximum Gasteiger partial charge on any atom is 0.338 e. The third-order valence-corrected chi connectivity index (χ3v) is 17.1. The number of benzene rings is 3. The topological polar surface area (TPSA) is 175 Å². The van der Waals surface area contributed by atoms with Gasteiger partial charge in [-0.05, 0) is 105 Å². The summed E-state index contributed by atoms with van der Waals surface area (Å²) in [6.07, 6.45) is 7.68. The Labute approximate surface area is 364 Å². The van der Waals surface area contributed by atoms with Gasteiger partial charge < -0.3 is 34.9 Å². The molecule has 2 fully saturated rings. The molecule has 1 saturated carbocycles. The van der Waals surface area contributed by atoms with E-state index in [1.165, 1.54) is 9.13 Å². The average Bonchev–Trinajstić information content (AvgIpc) is 3.66. The molecule has 1 saturated heterocycles. The molecule has 63 heavy (non-hydrogen) atoms. The summed E-state index contributed by atoms with van der Waals surface area (Å²) in [5.74, 6) is 0.180. The first-order valence-corrected chi connectivity index (χ1v) is 23.9. The van der Waals surface area contributed by atoms with Gasteiger partial charge >= 0.3 is 5.69 Å². The van der Waals surface area contributed by atoms with Crippen molar-refractivity contribution in [3.63, 3.8) is 0 Å². The fourth-order valence-electron chi connectivity index (χ4n) is 9.93. The van der Waals surface area contributed by atoms with Gasteiger partial charge in [0.05, 0.1) is 28.5 Å². The van der Waals surface area contributed by atoms with Crippen LogP contribution in [0.5, 0.6) is 0 Å². The number of anilines is 1. The molecule has 9 rings (SSSR count). The lowest BCUT2D eigenvalue weighted by Crippen LogP contribution is -2.40. The minimum Gasteiger partial charge on any atom is -0.451 e. The van der Waals surface area contributed by atoms with Crippen LogP contribution >= 0.6 is 7.14 Å². The van der Waals surface area contributed by atoms with Crippen molar-refractivity contribution in [3.05, 3.63) is 116 Å². The standard InChI is InChI=1S/C47H54FN8O6P/c1-7-63(60,8-2)38-12-10-32(26-36(38)50-6)54-19-20-55(46(54)58)43-39-29(5)53(18-13-35(39)51-56(43)33-23-27(3)41(48)28(4)24-33)44(57)42-40(47(16-17-47)45(49)52-59)34-11-9-31(25-37(34)62-42)30-14-21-61-22-15-30/h9-12,19-20,23-26,29-30,50,59H,7-8,13-18,21-22H2,1-6H3,(H2,49,52). The van der Waals surface area contributed by atoms with Gasteiger partial charge in [-0.1, -0.05) is 31.1 Å². The number of furan rings is 1. The van der Waals surface area contributed by atoms with Crippen LogP contribution in [0.15, 0.2) is 75.3 Å². The molecule has 5 heterocycles. The summed E-state index contributed by atoms with van der Waals surface area (Å²) in [4.78, 5) is 31.7. The minimum atomic E-state index is -2.65. The van der Waals surface area contributed by atoms with Crippen molar-refractivity contribution in [2.75, 3.05) is 44.4 Å². The number of hydrogen-bond donors (Lipinski definition) is 3. The van der Waals surface area contributed by atoms with E-state index >= 15 is 9.18 Å². The number of aryl methyl sites for hydroxylation is 2. The highest BCUT2D eigenvalue weighted by atomic mass is 31.2. The molecule has 16 heteroatoms. The Morgan fingerprint density at radius 3 is 2.38 bits per heavy atom. The van der Waals surface area contributed by atoms with E-state index in [0.717, 1.165) is 29.1 Å². The maximum absolute atomic E-state index is 15.2. The number of nitrogens with two attached hydrogens (primary N) is 1. The Hall–Kier alpha value is -5.92. The Kier molecular flexibility index (Phi) is 10.8. The third kappa shape index (κ3) is 6.82. The van der Waals surface area contributed by atoms with Gasteiger partial charge in [-0.15, -0.1) is 0 Å². The third-order valence-electron chi connectivity index (χ3n) is 13.8. The Morgan fingerprint density at radius 1 is 1.03 bits per heavy atom. The van der Waals surface area contributed by atoms with Gasteiger partial charge in [-0.3, -0.25) is 13.9 Å². The largest absolute Gasteiger partial charge is 0.451 e. The maximum atomic E-state index is 15.2. The number of carbonyl (C=O) groups excluding carboxylic acids is 1. The van der Waals surface area contributed by atoms with E-state index in [4.69, 9.17) is 20.0 Å². The van der Waals surface area contributed by atoms with Crippen LogP contribution in [-0.2, 0) is 21.1 Å². The predicted octanol–water partition coefficient (Wildman–Crippen LogP) is 7.82. The number of oxime groups is 1. The Balaban J connectivity index is 1.17. The molecular weight excluding hydrogens is 823 g/mol. The molecule has 3 aromatic heterocycles. The van der Waals surface area contributed by atoms with Gasteiger partial charge in [-0.2, -0.15) is 5.10 Å². The molecule has 2 aliphatic heterocycles. The van der Waals surface area contributed by atoms with Crippen LogP contribution < -0.4 is 22.0 Å². The normalized spacial score (nSPS) is 17.9. The molecule has 1 unspecified atom stereocenters. The lowest BCUT2D eigenvalue weighted by atomic mass is 9.88. The van der Waals surface area contributed by atoms with E-state index in [1.54, 1.807) is 61.1 Å². The number of aromatic nitrogens is 4. The summed E-state index contributed by atoms with van der Waals surface area (Å²) in [6.45, 7) is 10.8. The highest BCUT2D eigenvalue weighted by molar-refractivity contribution is 7.71. The lowest BCUT2D eigenvalue weighted by Gasteiger charge is -2.33. The van der Waals surface area contributed by atoms with Crippen molar-refractivity contribution < 1.29 is 28.1 Å². The van der Waals surface area contributed by atoms with Crippen LogP contribution in [0, 0.1) is 19.7 Å². The molecule has 1 amide bonds. The summed E-state index contributed by atoms with van der Waals surface area (Å²) in [5.41, 5.74) is 11.4. The van der Waals surface area contributed by atoms with Crippen LogP contribution in [0.3, 0.4) is 0 Å². The van der Waals surface area contributed by atoms with Gasteiger partial charge in [0, 0.05) is 85.4 Å². The number of ether oxygens (including phenoxy) is 1. The fourth-order valence-corrected chi connectivity index (χ4v) is 12.0. The number of fused-ring (bicyclic) bond motifs is 2. The number of carbonyl (C=O) groups is 1. The number of imidazole rings is 1. The number of amides is 1. The zero-order valence-electron chi connectivity index (χ0n) is 36.6. The zero-order valence-corrected chi connectivity index (χ0v) is 37.5. The zero-order chi connectivity index (χ0) is 44.5. The lowest BCUT2D eigenvalue weighted by molar-refractivity contribution is 0.0644. The number of halogens is 1. The average molecular weight is 877 g/mol. The molecule has 0 radical (unpaired) electrons. The van der Waals surface area contributed by atoms with Crippen LogP contribution in [0.2, 0.25) is 0 Å². The van der Waals surface area contributed by atoms with E-state index in [2.05, 4.69) is 16.5 Å². The highest BCUT2D eigenvalue weighted by Crippen LogP contribution is 2.54. The second-order valence-electron chi connectivity index (χ2n) is 17.2. The number of nitrogens with zero attached hydrogens (tertiary/aromatic N) is 6. The summed E-state index contributed by atoms with van der Waals surface area (Å²) < 4.78 is 45.8. The van der Waals surface area contributed by atoms with Crippen LogP contribution in [0.25, 0.3) is 28.2 Å².